The van der Waals surface area contributed by atoms with Gasteiger partial charge in [-0.2, -0.15) is 0 Å². The molecule has 9 nitrogen and oxygen atoms in total. The van der Waals surface area contributed by atoms with E-state index in [0.717, 1.165) is 0 Å². The monoisotopic (exact) mass is 460 g/mol. The van der Waals surface area contributed by atoms with Crippen molar-refractivity contribution in [2.45, 2.75) is 25.6 Å². The Morgan fingerprint density at radius 3 is 2.58 bits per heavy atom. The van der Waals surface area contributed by atoms with Crippen LogP contribution in [-0.2, 0) is 17.9 Å². The Labute approximate surface area is 184 Å². The van der Waals surface area contributed by atoms with Crippen LogP contribution >= 0.6 is 0 Å². The zero-order valence-corrected chi connectivity index (χ0v) is 16.8. The van der Waals surface area contributed by atoms with Crippen molar-refractivity contribution < 1.29 is 32.3 Å². The number of benzene rings is 1. The molecule has 3 heterocycles. The number of rotatable bonds is 5. The fourth-order valence-corrected chi connectivity index (χ4v) is 2.93. The maximum Gasteiger partial charge on any atom is 0.573 e. The SMILES string of the molecule is O=[N+]([O-])c1cn2c(n1)OC[C@@H](OCc1ccc(C#Cc3ccc(OC(F)(F)F)cc3)cn1)C2. The topological polar surface area (TPSA) is 102 Å². The zero-order chi connectivity index (χ0) is 23.4. The number of imidazole rings is 1. The van der Waals surface area contributed by atoms with E-state index >= 15 is 0 Å². The molecule has 0 N–H and O–H groups in total. The lowest BCUT2D eigenvalue weighted by Gasteiger charge is -2.22. The number of nitro groups is 1. The second-order valence-electron chi connectivity index (χ2n) is 6.90. The first-order chi connectivity index (χ1) is 15.7. The number of aromatic nitrogens is 3. The highest BCUT2D eigenvalue weighted by Gasteiger charge is 2.31. The molecule has 1 aliphatic rings. The molecule has 0 bridgehead atoms. The first-order valence-corrected chi connectivity index (χ1v) is 9.54. The first kappa shape index (κ1) is 22.1. The van der Waals surface area contributed by atoms with Crippen LogP contribution in [0.3, 0.4) is 0 Å². The third kappa shape index (κ3) is 5.98. The summed E-state index contributed by atoms with van der Waals surface area (Å²) >= 11 is 0. The number of ether oxygens (including phenoxy) is 3. The fourth-order valence-electron chi connectivity index (χ4n) is 2.93. The Balaban J connectivity index is 1.30. The van der Waals surface area contributed by atoms with Gasteiger partial charge in [0.25, 0.3) is 0 Å². The van der Waals surface area contributed by atoms with Gasteiger partial charge in [-0.1, -0.05) is 11.8 Å². The molecule has 1 aliphatic heterocycles. The lowest BCUT2D eigenvalue weighted by atomic mass is 10.2. The summed E-state index contributed by atoms with van der Waals surface area (Å²) in [7, 11) is 0. The Morgan fingerprint density at radius 1 is 1.18 bits per heavy atom. The van der Waals surface area contributed by atoms with Gasteiger partial charge >= 0.3 is 18.2 Å². The van der Waals surface area contributed by atoms with Gasteiger partial charge in [0.05, 0.1) is 18.8 Å². The Morgan fingerprint density at radius 2 is 1.91 bits per heavy atom. The minimum atomic E-state index is -4.74. The van der Waals surface area contributed by atoms with Crippen molar-refractivity contribution in [3.63, 3.8) is 0 Å². The first-order valence-electron chi connectivity index (χ1n) is 9.54. The third-order valence-corrected chi connectivity index (χ3v) is 4.44. The summed E-state index contributed by atoms with van der Waals surface area (Å²) in [4.78, 5) is 18.3. The Kier molecular flexibility index (Phi) is 6.14. The summed E-state index contributed by atoms with van der Waals surface area (Å²) < 4.78 is 53.1. The summed E-state index contributed by atoms with van der Waals surface area (Å²) in [6.45, 7) is 0.783. The number of nitrogens with zero attached hydrogens (tertiary/aromatic N) is 4. The second kappa shape index (κ2) is 9.17. The van der Waals surface area contributed by atoms with E-state index < -0.39 is 11.3 Å². The Bertz CT molecular complexity index is 1200. The van der Waals surface area contributed by atoms with Gasteiger partial charge in [0, 0.05) is 22.3 Å². The lowest BCUT2D eigenvalue weighted by Crippen LogP contribution is -2.32. The molecule has 1 aromatic carbocycles. The van der Waals surface area contributed by atoms with Crippen LogP contribution in [0.4, 0.5) is 19.0 Å². The van der Waals surface area contributed by atoms with Gasteiger partial charge in [-0.15, -0.1) is 13.2 Å². The number of halogens is 3. The molecule has 0 saturated heterocycles. The smallest absolute Gasteiger partial charge is 0.443 e. The number of alkyl halides is 3. The van der Waals surface area contributed by atoms with Crippen LogP contribution in [0.15, 0.2) is 48.8 Å². The van der Waals surface area contributed by atoms with Gasteiger partial charge in [-0.05, 0) is 41.3 Å². The predicted molar refractivity (Wildman–Crippen MR) is 106 cm³/mol. The largest absolute Gasteiger partial charge is 0.573 e. The minimum Gasteiger partial charge on any atom is -0.443 e. The van der Waals surface area contributed by atoms with Gasteiger partial charge in [0.15, 0.2) is 0 Å². The molecular weight excluding hydrogens is 445 g/mol. The van der Waals surface area contributed by atoms with Crippen LogP contribution in [0.25, 0.3) is 0 Å². The summed E-state index contributed by atoms with van der Waals surface area (Å²) in [6.07, 6.45) is -2.20. The average Bonchev–Trinajstić information content (AvgIpc) is 3.21. The van der Waals surface area contributed by atoms with Crippen LogP contribution in [0.2, 0.25) is 0 Å². The molecule has 4 rings (SSSR count). The van der Waals surface area contributed by atoms with Gasteiger partial charge < -0.3 is 24.3 Å². The zero-order valence-electron chi connectivity index (χ0n) is 16.8. The number of fused-ring (bicyclic) bond motifs is 1. The van der Waals surface area contributed by atoms with Crippen molar-refractivity contribution in [1.29, 1.82) is 0 Å². The molecule has 3 aromatic rings. The fraction of sp³-hybridized carbons (Fsp3) is 0.238. The molecule has 33 heavy (non-hydrogen) atoms. The van der Waals surface area contributed by atoms with Crippen molar-refractivity contribution in [2.75, 3.05) is 6.61 Å². The van der Waals surface area contributed by atoms with Crippen molar-refractivity contribution in [1.82, 2.24) is 14.5 Å². The maximum absolute atomic E-state index is 12.2. The molecule has 0 aliphatic carbocycles. The van der Waals surface area contributed by atoms with E-state index in [4.69, 9.17) is 9.47 Å². The quantitative estimate of drug-likeness (QED) is 0.326. The molecule has 2 aromatic heterocycles. The normalized spacial score (nSPS) is 15.1. The molecule has 12 heteroatoms. The van der Waals surface area contributed by atoms with Crippen molar-refractivity contribution in [3.05, 3.63) is 75.7 Å². The number of hydrogen-bond acceptors (Lipinski definition) is 7. The van der Waals surface area contributed by atoms with E-state index in [0.29, 0.717) is 23.4 Å². The van der Waals surface area contributed by atoms with Crippen LogP contribution in [0.1, 0.15) is 16.8 Å². The summed E-state index contributed by atoms with van der Waals surface area (Å²) in [6, 6.07) is 8.90. The molecule has 0 radical (unpaired) electrons. The van der Waals surface area contributed by atoms with E-state index in [1.54, 1.807) is 18.3 Å². The van der Waals surface area contributed by atoms with E-state index in [1.165, 1.54) is 35.0 Å². The second-order valence-corrected chi connectivity index (χ2v) is 6.90. The third-order valence-electron chi connectivity index (χ3n) is 4.44. The van der Waals surface area contributed by atoms with Crippen LogP contribution in [0.5, 0.6) is 11.8 Å². The average molecular weight is 460 g/mol. The molecule has 0 unspecified atom stereocenters. The van der Waals surface area contributed by atoms with Crippen LogP contribution in [-0.4, -0.2) is 38.5 Å². The molecular formula is C21H15F3N4O5. The summed E-state index contributed by atoms with van der Waals surface area (Å²) in [5, 5.41) is 10.8. The van der Waals surface area contributed by atoms with Gasteiger partial charge in [0.1, 0.15) is 24.7 Å². The predicted octanol–water partition coefficient (Wildman–Crippen LogP) is 3.46. The van der Waals surface area contributed by atoms with E-state index in [2.05, 4.69) is 26.5 Å². The van der Waals surface area contributed by atoms with Crippen LogP contribution in [0, 0.1) is 22.0 Å². The standard InChI is InChI=1S/C21H15F3N4O5/c22-21(23,24)33-17-7-4-14(5-8-17)1-2-15-3-6-16(25-9-15)12-31-18-10-27-11-19(28(29)30)26-20(27)32-13-18/h3-9,11,18H,10,12-13H2/t18-/m0/s1. The van der Waals surface area contributed by atoms with Crippen LogP contribution < -0.4 is 9.47 Å². The van der Waals surface area contributed by atoms with E-state index in [1.807, 2.05) is 0 Å². The highest BCUT2D eigenvalue weighted by molar-refractivity contribution is 5.43. The Hall–Kier alpha value is -4.11. The summed E-state index contributed by atoms with van der Waals surface area (Å²) in [5.74, 6) is 5.13. The molecule has 170 valence electrons. The molecule has 1 atom stereocenters. The lowest BCUT2D eigenvalue weighted by molar-refractivity contribution is -0.389. The summed E-state index contributed by atoms with van der Waals surface area (Å²) in [5.41, 5.74) is 1.79. The van der Waals surface area contributed by atoms with Gasteiger partial charge in [-0.25, -0.2) is 0 Å². The van der Waals surface area contributed by atoms with Gasteiger partial charge in [-0.3, -0.25) is 9.55 Å². The molecule has 0 fully saturated rings. The highest BCUT2D eigenvalue weighted by Crippen LogP contribution is 2.23. The van der Waals surface area contributed by atoms with Gasteiger partial charge in [0.2, 0.25) is 0 Å². The van der Waals surface area contributed by atoms with Crippen molar-refractivity contribution in [3.8, 4) is 23.6 Å². The minimum absolute atomic E-state index is 0.185. The highest BCUT2D eigenvalue weighted by atomic mass is 19.4. The van der Waals surface area contributed by atoms with Crippen molar-refractivity contribution >= 4 is 5.82 Å². The molecule has 0 spiro atoms. The maximum atomic E-state index is 12.2. The molecule has 0 saturated carbocycles. The van der Waals surface area contributed by atoms with E-state index in [-0.39, 0.29) is 36.9 Å². The number of hydrogen-bond donors (Lipinski definition) is 0. The molecule has 0 amide bonds. The number of pyridine rings is 1. The van der Waals surface area contributed by atoms with E-state index in [9.17, 15) is 23.3 Å². The van der Waals surface area contributed by atoms with Crippen molar-refractivity contribution in [2.24, 2.45) is 0 Å².